The molecule has 4 N–H and O–H groups in total. The van der Waals surface area contributed by atoms with E-state index in [1.54, 1.807) is 30.1 Å². The van der Waals surface area contributed by atoms with Crippen LogP contribution in [0.5, 0.6) is 0 Å². The fourth-order valence-corrected chi connectivity index (χ4v) is 5.51. The molecule has 1 aliphatic heterocycles. The molecule has 0 spiro atoms. The maximum Gasteiger partial charge on any atom is 0.471 e. The summed E-state index contributed by atoms with van der Waals surface area (Å²) in [5.41, 5.74) is 1.76. The van der Waals surface area contributed by atoms with Crippen LogP contribution in [-0.2, 0) is 36.6 Å². The number of hydrogen-bond donors (Lipinski definition) is 4. The highest BCUT2D eigenvalue weighted by molar-refractivity contribution is 7.46. The van der Waals surface area contributed by atoms with Gasteiger partial charge in [0.1, 0.15) is 23.5 Å². The minimum atomic E-state index is -4.76. The number of hydrogen-bond acceptors (Lipinski definition) is 10. The molecule has 16 heteroatoms. The van der Waals surface area contributed by atoms with Gasteiger partial charge in [-0.2, -0.15) is 10.2 Å². The maximum absolute atomic E-state index is 12.3. The quantitative estimate of drug-likeness (QED) is 0.270. The molecule has 3 aliphatic carbocycles. The highest BCUT2D eigenvalue weighted by atomic mass is 31.2. The number of methoxy groups -OCH3 is 1. The molecular weight excluding hydrogens is 521 g/mol. The molecule has 4 heterocycles. The fraction of sp³-hybridized carbons (Fsp3) is 0.545. The number of phosphoric acid groups is 1. The predicted octanol–water partition coefficient (Wildman–Crippen LogP) is 1.99. The zero-order valence-electron chi connectivity index (χ0n) is 20.5. The van der Waals surface area contributed by atoms with Crippen molar-refractivity contribution in [3.8, 4) is 0 Å². The van der Waals surface area contributed by atoms with Gasteiger partial charge in [0.25, 0.3) is 0 Å². The van der Waals surface area contributed by atoms with Gasteiger partial charge in [-0.25, -0.2) is 23.5 Å². The number of fused-ring (bicyclic) bond motifs is 1. The summed E-state index contributed by atoms with van der Waals surface area (Å²) in [5.74, 6) is 1.54. The topological polar surface area (TPSA) is 184 Å². The van der Waals surface area contributed by atoms with Crippen molar-refractivity contribution in [3.63, 3.8) is 0 Å². The molecule has 38 heavy (non-hydrogen) atoms. The number of carbonyl (C=O) groups excluding carboxylic acids is 1. The molecule has 2 bridgehead atoms. The summed E-state index contributed by atoms with van der Waals surface area (Å²) in [6.07, 6.45) is 5.32. The molecule has 4 fully saturated rings. The smallest absolute Gasteiger partial charge is 0.444 e. The van der Waals surface area contributed by atoms with Gasteiger partial charge in [-0.05, 0) is 31.2 Å². The Bertz CT molecular complexity index is 1390. The standard InChI is InChI=1S/C22H28N7O8P/c1-34-10-14-4-17-20(23-2-3-28(17)26-14)24-19-6-16(27-29(19)12-36-38(31,32)33)18-5-15(11-35-18)37-21(30)25-22-7-13(8-22)9-22/h2-4,6,13,15,18H,5,7-12H2,1H3,(H,23,24)(H,25,30)(H2,31,32,33)/t13?,15-,18-,22?/m0/s1. The largest absolute Gasteiger partial charge is 0.471 e. The van der Waals surface area contributed by atoms with E-state index in [1.807, 2.05) is 6.07 Å². The molecule has 3 aromatic heterocycles. The average molecular weight is 549 g/mol. The molecule has 15 nitrogen and oxygen atoms in total. The van der Waals surface area contributed by atoms with Gasteiger partial charge in [-0.15, -0.1) is 0 Å². The van der Waals surface area contributed by atoms with Crippen LogP contribution < -0.4 is 10.6 Å². The Balaban J connectivity index is 1.18. The summed E-state index contributed by atoms with van der Waals surface area (Å²) in [6.45, 7) is 0.00440. The highest BCUT2D eigenvalue weighted by Crippen LogP contribution is 2.57. The van der Waals surface area contributed by atoms with Gasteiger partial charge in [0, 0.05) is 37.5 Å². The Labute approximate surface area is 216 Å². The second-order valence-corrected chi connectivity index (χ2v) is 11.2. The first kappa shape index (κ1) is 25.2. The van der Waals surface area contributed by atoms with E-state index in [2.05, 4.69) is 30.3 Å². The number of ether oxygens (including phenoxy) is 3. The maximum atomic E-state index is 12.3. The van der Waals surface area contributed by atoms with E-state index in [0.717, 1.165) is 25.2 Å². The molecule has 7 rings (SSSR count). The minimum absolute atomic E-state index is 0.0739. The average Bonchev–Trinajstić information content (AvgIpc) is 3.52. The first-order chi connectivity index (χ1) is 18.2. The third kappa shape index (κ3) is 5.13. The van der Waals surface area contributed by atoms with Crippen molar-refractivity contribution in [2.24, 2.45) is 5.92 Å². The van der Waals surface area contributed by atoms with Crippen molar-refractivity contribution in [1.82, 2.24) is 29.7 Å². The lowest BCUT2D eigenvalue weighted by atomic mass is 9.50. The van der Waals surface area contributed by atoms with Gasteiger partial charge in [-0.3, -0.25) is 4.52 Å². The monoisotopic (exact) mass is 549 g/mol. The third-order valence-electron chi connectivity index (χ3n) is 7.10. The van der Waals surface area contributed by atoms with Crippen LogP contribution in [0.2, 0.25) is 0 Å². The van der Waals surface area contributed by atoms with Gasteiger partial charge in [0.15, 0.2) is 12.5 Å². The Morgan fingerprint density at radius 1 is 1.29 bits per heavy atom. The molecule has 0 unspecified atom stereocenters. The second kappa shape index (κ2) is 9.59. The van der Waals surface area contributed by atoms with Crippen LogP contribution in [-0.4, -0.2) is 65.6 Å². The summed E-state index contributed by atoms with van der Waals surface area (Å²) in [4.78, 5) is 35.1. The lowest BCUT2D eigenvalue weighted by Gasteiger charge is -2.61. The molecular formula is C22H28N7O8P. The molecule has 2 atom stereocenters. The van der Waals surface area contributed by atoms with E-state index in [1.165, 1.54) is 4.68 Å². The van der Waals surface area contributed by atoms with Gasteiger partial charge < -0.3 is 34.6 Å². The van der Waals surface area contributed by atoms with Gasteiger partial charge >= 0.3 is 13.9 Å². The van der Waals surface area contributed by atoms with E-state index in [9.17, 15) is 19.1 Å². The summed E-state index contributed by atoms with van der Waals surface area (Å²) in [6, 6.07) is 3.49. The Hall–Kier alpha value is -3.07. The molecule has 204 valence electrons. The number of carbonyl (C=O) groups is 1. The third-order valence-corrected chi connectivity index (χ3v) is 7.55. The van der Waals surface area contributed by atoms with Crippen LogP contribution in [0.15, 0.2) is 24.5 Å². The highest BCUT2D eigenvalue weighted by Gasteiger charge is 2.57. The number of aromatic nitrogens is 5. The van der Waals surface area contributed by atoms with Crippen LogP contribution in [0.25, 0.3) is 5.52 Å². The number of amides is 1. The van der Waals surface area contributed by atoms with Gasteiger partial charge in [0.05, 0.1) is 24.6 Å². The minimum Gasteiger partial charge on any atom is -0.444 e. The van der Waals surface area contributed by atoms with Crippen molar-refractivity contribution in [3.05, 3.63) is 35.9 Å². The zero-order chi connectivity index (χ0) is 26.5. The summed E-state index contributed by atoms with van der Waals surface area (Å²) < 4.78 is 35.5. The first-order valence-electron chi connectivity index (χ1n) is 12.2. The molecule has 0 radical (unpaired) electrons. The van der Waals surface area contributed by atoms with Crippen LogP contribution in [0.3, 0.4) is 0 Å². The van der Waals surface area contributed by atoms with E-state index in [4.69, 9.17) is 14.2 Å². The van der Waals surface area contributed by atoms with Crippen LogP contribution in [0, 0.1) is 5.92 Å². The zero-order valence-corrected chi connectivity index (χ0v) is 21.4. The predicted molar refractivity (Wildman–Crippen MR) is 129 cm³/mol. The molecule has 4 aliphatic rings. The van der Waals surface area contributed by atoms with Crippen LogP contribution in [0.4, 0.5) is 16.4 Å². The van der Waals surface area contributed by atoms with Gasteiger partial charge in [-0.1, -0.05) is 0 Å². The van der Waals surface area contributed by atoms with Crippen molar-refractivity contribution >= 4 is 31.1 Å². The van der Waals surface area contributed by atoms with E-state index in [-0.39, 0.29) is 12.1 Å². The summed E-state index contributed by atoms with van der Waals surface area (Å²) >= 11 is 0. The molecule has 1 amide bonds. The molecule has 3 aromatic rings. The van der Waals surface area contributed by atoms with Crippen LogP contribution >= 0.6 is 7.82 Å². The van der Waals surface area contributed by atoms with Crippen molar-refractivity contribution < 1.29 is 37.9 Å². The van der Waals surface area contributed by atoms with Crippen molar-refractivity contribution in [2.75, 3.05) is 19.0 Å². The van der Waals surface area contributed by atoms with Gasteiger partial charge in [0.2, 0.25) is 0 Å². The SMILES string of the molecule is COCc1cc2c(Nc3cc([C@@H]4C[C@H](OC(=O)NC56CC(C5)C6)CO4)nn3COP(=O)(O)O)nccn2n1. The van der Waals surface area contributed by atoms with E-state index in [0.29, 0.717) is 41.6 Å². The number of phosphoric ester groups is 1. The molecule has 1 saturated heterocycles. The van der Waals surface area contributed by atoms with E-state index < -0.39 is 32.9 Å². The van der Waals surface area contributed by atoms with E-state index >= 15 is 0 Å². The normalized spacial score (nSPS) is 26.1. The molecule has 0 aromatic carbocycles. The summed E-state index contributed by atoms with van der Waals surface area (Å²) in [7, 11) is -3.18. The first-order valence-corrected chi connectivity index (χ1v) is 13.7. The lowest BCUT2D eigenvalue weighted by Crippen LogP contribution is -2.68. The summed E-state index contributed by atoms with van der Waals surface area (Å²) in [5, 5.41) is 15.0. The van der Waals surface area contributed by atoms with Crippen molar-refractivity contribution in [2.45, 2.75) is 56.8 Å². The Kier molecular flexibility index (Phi) is 6.37. The Morgan fingerprint density at radius 2 is 2.11 bits per heavy atom. The van der Waals surface area contributed by atoms with Crippen LogP contribution in [0.1, 0.15) is 43.2 Å². The number of rotatable bonds is 10. The number of nitrogens with one attached hydrogen (secondary N) is 2. The number of nitrogens with zero attached hydrogens (tertiary/aromatic N) is 5. The van der Waals surface area contributed by atoms with Crippen molar-refractivity contribution in [1.29, 1.82) is 0 Å². The Morgan fingerprint density at radius 3 is 2.82 bits per heavy atom. The fourth-order valence-electron chi connectivity index (χ4n) is 5.25. The number of alkyl carbamates (subject to hydrolysis) is 1. The molecule has 3 saturated carbocycles. The second-order valence-electron chi connectivity index (χ2n) is 9.97. The number of anilines is 2. The lowest BCUT2D eigenvalue weighted by molar-refractivity contribution is -0.0510.